The van der Waals surface area contributed by atoms with Crippen molar-refractivity contribution in [1.29, 1.82) is 0 Å². The molecule has 2 amide bonds. The van der Waals surface area contributed by atoms with Crippen LogP contribution in [0.4, 0.5) is 4.79 Å². The summed E-state index contributed by atoms with van der Waals surface area (Å²) in [5.74, 6) is 0.260. The first-order chi connectivity index (χ1) is 13.8. The van der Waals surface area contributed by atoms with E-state index in [0.717, 1.165) is 16.7 Å². The number of carbonyl (C=O) groups is 2. The highest BCUT2D eigenvalue weighted by Crippen LogP contribution is 2.41. The van der Waals surface area contributed by atoms with E-state index in [1.54, 1.807) is 12.0 Å². The molecule has 0 saturated carbocycles. The summed E-state index contributed by atoms with van der Waals surface area (Å²) in [5, 5.41) is 5.01. The van der Waals surface area contributed by atoms with Gasteiger partial charge in [-0.1, -0.05) is 23.8 Å². The van der Waals surface area contributed by atoms with Crippen molar-refractivity contribution in [3.05, 3.63) is 40.6 Å². The summed E-state index contributed by atoms with van der Waals surface area (Å²) in [5.41, 5.74) is 2.62. The molecule has 7 nitrogen and oxygen atoms in total. The molecule has 0 aromatic heterocycles. The van der Waals surface area contributed by atoms with E-state index in [1.807, 2.05) is 51.0 Å². The third-order valence-electron chi connectivity index (χ3n) is 5.95. The Morgan fingerprint density at radius 3 is 2.45 bits per heavy atom. The Morgan fingerprint density at radius 2 is 1.86 bits per heavy atom. The average molecular weight is 402 g/mol. The summed E-state index contributed by atoms with van der Waals surface area (Å²) in [4.78, 5) is 32.9. The van der Waals surface area contributed by atoms with Crippen LogP contribution >= 0.6 is 0 Å². The van der Waals surface area contributed by atoms with Crippen LogP contribution in [0.25, 0.3) is 5.57 Å². The van der Waals surface area contributed by atoms with Gasteiger partial charge in [-0.05, 0) is 51.7 Å². The van der Waals surface area contributed by atoms with Crippen molar-refractivity contribution in [2.75, 3.05) is 33.3 Å². The van der Waals surface area contributed by atoms with E-state index in [1.165, 1.54) is 0 Å². The zero-order valence-electron chi connectivity index (χ0n) is 18.0. The van der Waals surface area contributed by atoms with E-state index >= 15 is 0 Å². The molecule has 1 fully saturated rings. The van der Waals surface area contributed by atoms with Crippen LogP contribution in [-0.4, -0.2) is 60.8 Å². The predicted octanol–water partition coefficient (Wildman–Crippen LogP) is 3.02. The van der Waals surface area contributed by atoms with Gasteiger partial charge in [0.15, 0.2) is 0 Å². The Labute approximate surface area is 172 Å². The van der Waals surface area contributed by atoms with E-state index < -0.39 is 11.6 Å². The largest absolute Gasteiger partial charge is 0.414 e. The highest BCUT2D eigenvalue weighted by atomic mass is 16.7. The number of hydrogen-bond acceptors (Lipinski definition) is 5. The van der Waals surface area contributed by atoms with Crippen molar-refractivity contribution in [1.82, 2.24) is 15.3 Å². The molecule has 7 heteroatoms. The molecule has 2 heterocycles. The number of rotatable bonds is 5. The highest BCUT2D eigenvalue weighted by molar-refractivity contribution is 6.24. The van der Waals surface area contributed by atoms with E-state index in [9.17, 15) is 9.59 Å². The number of hydrogen-bond donors (Lipinski definition) is 1. The average Bonchev–Trinajstić information content (AvgIpc) is 2.96. The van der Waals surface area contributed by atoms with Crippen molar-refractivity contribution in [3.8, 4) is 0 Å². The predicted molar refractivity (Wildman–Crippen MR) is 111 cm³/mol. The standard InChI is InChI=1S/C22H31N3O4/c1-6-24(7-2)21(27)29-19-18(17-14-15(3)8-9-16(17)4)20(26)23-22(19)10-12-25(28-5)13-11-22/h8-9,14H,6-7,10-13H2,1-5H3,(H,23,26). The number of carbonyl (C=O) groups excluding carboxylic acids is 2. The Morgan fingerprint density at radius 1 is 1.21 bits per heavy atom. The molecule has 1 N–H and O–H groups in total. The topological polar surface area (TPSA) is 71.1 Å². The van der Waals surface area contributed by atoms with Crippen LogP contribution in [0.1, 0.15) is 43.4 Å². The Balaban J connectivity index is 2.09. The van der Waals surface area contributed by atoms with Crippen LogP contribution in [0, 0.1) is 13.8 Å². The summed E-state index contributed by atoms with van der Waals surface area (Å²) in [6.07, 6.45) is 0.807. The Hall–Kier alpha value is -2.38. The molecular weight excluding hydrogens is 370 g/mol. The molecule has 1 aromatic rings. The maximum absolute atomic E-state index is 13.1. The van der Waals surface area contributed by atoms with Crippen molar-refractivity contribution < 1.29 is 19.2 Å². The van der Waals surface area contributed by atoms with E-state index in [4.69, 9.17) is 9.57 Å². The molecule has 0 radical (unpaired) electrons. The maximum atomic E-state index is 13.1. The summed E-state index contributed by atoms with van der Waals surface area (Å²) in [7, 11) is 1.64. The number of hydroxylamine groups is 2. The van der Waals surface area contributed by atoms with Gasteiger partial charge < -0.3 is 19.8 Å². The van der Waals surface area contributed by atoms with Gasteiger partial charge in [0.1, 0.15) is 11.3 Å². The van der Waals surface area contributed by atoms with E-state index in [-0.39, 0.29) is 5.91 Å². The number of benzene rings is 1. The highest BCUT2D eigenvalue weighted by Gasteiger charge is 2.50. The number of aryl methyl sites for hydroxylation is 2. The number of amides is 2. The van der Waals surface area contributed by atoms with Gasteiger partial charge in [-0.2, -0.15) is 5.06 Å². The van der Waals surface area contributed by atoms with Gasteiger partial charge >= 0.3 is 6.09 Å². The smallest absolute Gasteiger partial charge is 0.411 e. The molecule has 158 valence electrons. The molecule has 2 aliphatic rings. The van der Waals surface area contributed by atoms with Crippen LogP contribution in [0.15, 0.2) is 24.0 Å². The van der Waals surface area contributed by atoms with Gasteiger partial charge in [-0.25, -0.2) is 4.79 Å². The van der Waals surface area contributed by atoms with Gasteiger partial charge in [0.2, 0.25) is 0 Å². The molecular formula is C22H31N3O4. The third kappa shape index (κ3) is 4.02. The van der Waals surface area contributed by atoms with Gasteiger partial charge in [-0.15, -0.1) is 0 Å². The maximum Gasteiger partial charge on any atom is 0.414 e. The van der Waals surface area contributed by atoms with Crippen LogP contribution in [0.3, 0.4) is 0 Å². The van der Waals surface area contributed by atoms with E-state index in [2.05, 4.69) is 5.32 Å². The lowest BCUT2D eigenvalue weighted by Crippen LogP contribution is -2.53. The van der Waals surface area contributed by atoms with Gasteiger partial charge in [0, 0.05) is 26.2 Å². The second-order valence-electron chi connectivity index (χ2n) is 7.71. The number of piperidine rings is 1. The van der Waals surface area contributed by atoms with Crippen LogP contribution < -0.4 is 5.32 Å². The summed E-state index contributed by atoms with van der Waals surface area (Å²) >= 11 is 0. The van der Waals surface area contributed by atoms with Crippen molar-refractivity contribution in [3.63, 3.8) is 0 Å². The molecule has 0 aliphatic carbocycles. The van der Waals surface area contributed by atoms with Crippen molar-refractivity contribution >= 4 is 17.6 Å². The van der Waals surface area contributed by atoms with Gasteiger partial charge in [0.05, 0.1) is 12.7 Å². The zero-order chi connectivity index (χ0) is 21.2. The molecule has 1 aromatic carbocycles. The molecule has 0 atom stereocenters. The Kier molecular flexibility index (Phi) is 6.29. The number of nitrogens with zero attached hydrogens (tertiary/aromatic N) is 2. The number of nitrogens with one attached hydrogen (secondary N) is 1. The van der Waals surface area contributed by atoms with Crippen LogP contribution in [0.2, 0.25) is 0 Å². The van der Waals surface area contributed by atoms with Gasteiger partial charge in [0.25, 0.3) is 5.91 Å². The first kappa shape index (κ1) is 21.3. The first-order valence-electron chi connectivity index (χ1n) is 10.3. The lowest BCUT2D eigenvalue weighted by molar-refractivity contribution is -0.152. The summed E-state index contributed by atoms with van der Waals surface area (Å²) < 4.78 is 5.97. The second kappa shape index (κ2) is 8.55. The molecule has 2 aliphatic heterocycles. The van der Waals surface area contributed by atoms with Gasteiger partial charge in [-0.3, -0.25) is 4.79 Å². The SMILES string of the molecule is CCN(CC)C(=O)OC1=C(c2cc(C)ccc2C)C(=O)NC12CCN(OC)CC2. The fraction of sp³-hybridized carbons (Fsp3) is 0.545. The summed E-state index contributed by atoms with van der Waals surface area (Å²) in [6.45, 7) is 10.2. The third-order valence-corrected chi connectivity index (χ3v) is 5.95. The fourth-order valence-corrected chi connectivity index (χ4v) is 4.11. The molecule has 0 unspecified atom stereocenters. The lowest BCUT2D eigenvalue weighted by Gasteiger charge is -2.39. The van der Waals surface area contributed by atoms with Crippen molar-refractivity contribution in [2.24, 2.45) is 0 Å². The normalized spacial score (nSPS) is 18.9. The zero-order valence-corrected chi connectivity index (χ0v) is 18.0. The quantitative estimate of drug-likeness (QED) is 0.821. The fourth-order valence-electron chi connectivity index (χ4n) is 4.11. The molecule has 3 rings (SSSR count). The van der Waals surface area contributed by atoms with E-state index in [0.29, 0.717) is 50.4 Å². The summed E-state index contributed by atoms with van der Waals surface area (Å²) in [6, 6.07) is 5.99. The lowest BCUT2D eigenvalue weighted by atomic mass is 9.85. The molecule has 29 heavy (non-hydrogen) atoms. The minimum atomic E-state index is -0.694. The molecule has 1 spiro atoms. The minimum Gasteiger partial charge on any atom is -0.411 e. The Bertz CT molecular complexity index is 821. The molecule has 1 saturated heterocycles. The first-order valence-corrected chi connectivity index (χ1v) is 10.3. The van der Waals surface area contributed by atoms with Crippen LogP contribution in [-0.2, 0) is 14.4 Å². The minimum absolute atomic E-state index is 0.188. The molecule has 0 bridgehead atoms. The second-order valence-corrected chi connectivity index (χ2v) is 7.71. The monoisotopic (exact) mass is 401 g/mol. The van der Waals surface area contributed by atoms with Crippen LogP contribution in [0.5, 0.6) is 0 Å². The number of ether oxygens (including phenoxy) is 1. The van der Waals surface area contributed by atoms with Crippen molar-refractivity contribution in [2.45, 2.75) is 46.1 Å².